The summed E-state index contributed by atoms with van der Waals surface area (Å²) in [6.45, 7) is 14.0. The van der Waals surface area contributed by atoms with E-state index < -0.39 is 18.1 Å². The molecule has 2 unspecified atom stereocenters. The number of aromatic hydroxyl groups is 1. The first-order valence-electron chi connectivity index (χ1n) is 23.3. The fraction of sp³-hybridized carbons (Fsp3) is 0.412. The molecule has 0 radical (unpaired) electrons. The van der Waals surface area contributed by atoms with Crippen LogP contribution < -0.4 is 26.6 Å². The van der Waals surface area contributed by atoms with Crippen LogP contribution in [0.4, 0.5) is 17.3 Å². The standard InChI is InChI=1S/C51H62N10O5S/c1-30(2)47(51(65)61-28-44(63)31(3)24-42(61)50(64)56-32(4)35-10-12-37(13-11-35)48-33(5)55-29-67-48)45-26-46(59-66-45)60-22-18-34(19-23-60)27-53-20-21-54-38-16-14-36(15-17-38)40-25-41(57-58-49(40)52)39-8-6-7-9-43(39)62/h6-17,25-26,29-32,34,42,44,47,53-54,62-63H,18-24,27-28H2,1-5H3,(H2,52,58)(H,56,64)/t31?,32-,42-,44-,47?/m0/s1. The van der Waals surface area contributed by atoms with E-state index in [0.29, 0.717) is 41.0 Å². The van der Waals surface area contributed by atoms with E-state index in [1.165, 1.54) is 0 Å². The molecule has 0 bridgehead atoms. The van der Waals surface area contributed by atoms with Crippen molar-refractivity contribution in [3.8, 4) is 38.6 Å². The third kappa shape index (κ3) is 10.9. The van der Waals surface area contributed by atoms with E-state index in [-0.39, 0.29) is 42.0 Å². The van der Waals surface area contributed by atoms with E-state index in [1.807, 2.05) is 107 Å². The van der Waals surface area contributed by atoms with Gasteiger partial charge in [0.2, 0.25) is 11.8 Å². The molecule has 2 aliphatic rings. The lowest BCUT2D eigenvalue weighted by molar-refractivity contribution is -0.150. The molecular weight excluding hydrogens is 865 g/mol. The largest absolute Gasteiger partial charge is 0.507 e. The topological polar surface area (TPSA) is 208 Å². The maximum absolute atomic E-state index is 14.5. The second-order valence-corrected chi connectivity index (χ2v) is 19.3. The minimum Gasteiger partial charge on any atom is -0.507 e. The monoisotopic (exact) mass is 926 g/mol. The number of rotatable bonds is 16. The number of benzene rings is 3. The number of aliphatic hydroxyl groups is 1. The zero-order valence-electron chi connectivity index (χ0n) is 38.9. The van der Waals surface area contributed by atoms with Gasteiger partial charge in [-0.1, -0.05) is 74.5 Å². The van der Waals surface area contributed by atoms with Gasteiger partial charge in [-0.05, 0) is 104 Å². The summed E-state index contributed by atoms with van der Waals surface area (Å²) in [5.74, 6) is 0.686. The maximum atomic E-state index is 14.5. The molecule has 16 heteroatoms. The third-order valence-corrected chi connectivity index (χ3v) is 14.3. The Morgan fingerprint density at radius 1 is 0.940 bits per heavy atom. The van der Waals surface area contributed by atoms with E-state index in [9.17, 15) is 19.8 Å². The number of phenolic OH excluding ortho intramolecular Hbond substituents is 1. The van der Waals surface area contributed by atoms with E-state index in [4.69, 9.17) is 10.3 Å². The minimum absolute atomic E-state index is 0.0652. The van der Waals surface area contributed by atoms with Gasteiger partial charge < -0.3 is 46.2 Å². The van der Waals surface area contributed by atoms with Gasteiger partial charge in [-0.2, -0.15) is 0 Å². The molecule has 6 aromatic rings. The van der Waals surface area contributed by atoms with E-state index in [0.717, 1.165) is 84.1 Å². The highest BCUT2D eigenvalue weighted by atomic mass is 32.1. The molecule has 3 aromatic carbocycles. The second-order valence-electron chi connectivity index (χ2n) is 18.4. The van der Waals surface area contributed by atoms with Crippen molar-refractivity contribution in [1.29, 1.82) is 0 Å². The Labute approximate surface area is 396 Å². The second kappa shape index (κ2) is 21.1. The summed E-state index contributed by atoms with van der Waals surface area (Å²) in [4.78, 5) is 37.8. The van der Waals surface area contributed by atoms with Crippen molar-refractivity contribution in [2.24, 2.45) is 17.8 Å². The van der Waals surface area contributed by atoms with Gasteiger partial charge in [0.15, 0.2) is 17.4 Å². The molecule has 5 atom stereocenters. The van der Waals surface area contributed by atoms with Gasteiger partial charge in [-0.15, -0.1) is 21.5 Å². The first-order valence-corrected chi connectivity index (χ1v) is 24.2. The lowest BCUT2D eigenvalue weighted by Gasteiger charge is -2.42. The number of carbonyl (C=O) groups excluding carboxylic acids is 2. The average Bonchev–Trinajstić information content (AvgIpc) is 4.00. The molecule has 0 spiro atoms. The summed E-state index contributed by atoms with van der Waals surface area (Å²) in [5.41, 5.74) is 14.9. The quantitative estimate of drug-likeness (QED) is 0.0517. The molecule has 3 aromatic heterocycles. The van der Waals surface area contributed by atoms with Gasteiger partial charge in [-0.25, -0.2) is 4.98 Å². The number of aliphatic hydroxyl groups excluding tert-OH is 1. The highest BCUT2D eigenvalue weighted by Gasteiger charge is 2.43. The fourth-order valence-electron chi connectivity index (χ4n) is 9.21. The molecule has 2 aliphatic heterocycles. The number of β-amino-alcohol motifs (C(OH)–C–C–N with tert-alkyl or cyclic N) is 1. The number of nitrogens with one attached hydrogen (secondary N) is 3. The molecule has 2 fully saturated rings. The molecule has 0 aliphatic carbocycles. The number of thiazole rings is 1. The Hall–Kier alpha value is -6.36. The number of hydrogen-bond acceptors (Lipinski definition) is 14. The average molecular weight is 927 g/mol. The van der Waals surface area contributed by atoms with Crippen LogP contribution in [0.1, 0.15) is 75.9 Å². The summed E-state index contributed by atoms with van der Waals surface area (Å²) in [5, 5.41) is 44.3. The molecule has 7 N–H and O–H groups in total. The Kier molecular flexibility index (Phi) is 14.8. The van der Waals surface area contributed by atoms with Gasteiger partial charge >= 0.3 is 0 Å². The first kappa shape index (κ1) is 47.1. The number of aromatic nitrogens is 4. The number of amides is 2. The summed E-state index contributed by atoms with van der Waals surface area (Å²) >= 11 is 1.60. The summed E-state index contributed by atoms with van der Waals surface area (Å²) in [6.07, 6.45) is 1.58. The lowest BCUT2D eigenvalue weighted by atomic mass is 9.85. The van der Waals surface area contributed by atoms with Crippen molar-refractivity contribution in [1.82, 2.24) is 35.9 Å². The van der Waals surface area contributed by atoms with Crippen molar-refractivity contribution >= 4 is 40.5 Å². The predicted octanol–water partition coefficient (Wildman–Crippen LogP) is 7.65. The SMILES string of the molecule is Cc1ncsc1-c1ccc([C@H](C)NC(=O)[C@@H]2CC(C)[C@@H](O)CN2C(=O)C(c2cc(N3CCC(CNCCNc4ccc(-c5cc(-c6ccccc6O)nnc5N)cc4)CC3)no2)C(C)C)cc1. The van der Waals surface area contributed by atoms with E-state index in [2.05, 4.69) is 41.2 Å². The number of para-hydroxylation sites is 1. The van der Waals surface area contributed by atoms with E-state index in [1.54, 1.807) is 34.4 Å². The number of phenols is 1. The normalized spacial score (nSPS) is 18.8. The van der Waals surface area contributed by atoms with Crippen LogP contribution in [-0.4, -0.2) is 98.7 Å². The first-order chi connectivity index (χ1) is 32.3. The number of piperidine rings is 2. The molecule has 5 heterocycles. The molecule has 67 heavy (non-hydrogen) atoms. The highest BCUT2D eigenvalue weighted by molar-refractivity contribution is 7.13. The van der Waals surface area contributed by atoms with E-state index >= 15 is 0 Å². The van der Waals surface area contributed by atoms with Crippen LogP contribution in [0.25, 0.3) is 32.8 Å². The van der Waals surface area contributed by atoms with Crippen LogP contribution in [0.15, 0.2) is 95.0 Å². The van der Waals surface area contributed by atoms with Gasteiger partial charge in [0.25, 0.3) is 0 Å². The predicted molar refractivity (Wildman–Crippen MR) is 263 cm³/mol. The number of anilines is 3. The van der Waals surface area contributed by atoms with Crippen LogP contribution in [0.2, 0.25) is 0 Å². The molecule has 15 nitrogen and oxygen atoms in total. The van der Waals surface area contributed by atoms with Crippen LogP contribution in [0.3, 0.4) is 0 Å². The molecule has 8 rings (SSSR count). The minimum atomic E-state index is -0.749. The van der Waals surface area contributed by atoms with Gasteiger partial charge in [0.1, 0.15) is 17.7 Å². The van der Waals surface area contributed by atoms with Crippen molar-refractivity contribution in [2.45, 2.75) is 78.0 Å². The summed E-state index contributed by atoms with van der Waals surface area (Å²) in [6, 6.07) is 25.9. The number of nitrogen functional groups attached to an aromatic ring is 1. The van der Waals surface area contributed by atoms with Crippen molar-refractivity contribution in [2.75, 3.05) is 55.2 Å². The van der Waals surface area contributed by atoms with Gasteiger partial charge in [0.05, 0.1) is 33.9 Å². The third-order valence-electron chi connectivity index (χ3n) is 13.3. The number of likely N-dealkylation sites (tertiary alicyclic amines) is 1. The van der Waals surface area contributed by atoms with Crippen molar-refractivity contribution in [3.05, 3.63) is 107 Å². The molecule has 2 amide bonds. The Bertz CT molecular complexity index is 2610. The Morgan fingerprint density at radius 3 is 2.37 bits per heavy atom. The maximum Gasteiger partial charge on any atom is 0.243 e. The van der Waals surface area contributed by atoms with Crippen LogP contribution in [-0.2, 0) is 9.59 Å². The Morgan fingerprint density at radius 2 is 1.67 bits per heavy atom. The summed E-state index contributed by atoms with van der Waals surface area (Å²) in [7, 11) is 0. The lowest BCUT2D eigenvalue weighted by Crippen LogP contribution is -2.58. The number of carbonyl (C=O) groups is 2. The summed E-state index contributed by atoms with van der Waals surface area (Å²) < 4.78 is 5.93. The van der Waals surface area contributed by atoms with Crippen LogP contribution in [0.5, 0.6) is 5.75 Å². The van der Waals surface area contributed by atoms with Crippen LogP contribution >= 0.6 is 11.3 Å². The molecular formula is C51H62N10O5S. The smallest absolute Gasteiger partial charge is 0.243 e. The number of hydrogen-bond donors (Lipinski definition) is 6. The van der Waals surface area contributed by atoms with Gasteiger partial charge in [0, 0.05) is 55.6 Å². The molecule has 0 saturated carbocycles. The fourth-order valence-corrected chi connectivity index (χ4v) is 10.0. The molecule has 2 saturated heterocycles. The Balaban J connectivity index is 0.806. The zero-order chi connectivity index (χ0) is 47.2. The number of aryl methyl sites for hydroxylation is 1. The molecule has 352 valence electrons. The van der Waals surface area contributed by atoms with Crippen molar-refractivity contribution in [3.63, 3.8) is 0 Å². The number of nitrogens with zero attached hydrogens (tertiary/aromatic N) is 6. The zero-order valence-corrected chi connectivity index (χ0v) is 39.7. The van der Waals surface area contributed by atoms with Gasteiger partial charge in [-0.3, -0.25) is 9.59 Å². The number of nitrogens with two attached hydrogens (primary N) is 1. The highest BCUT2D eigenvalue weighted by Crippen LogP contribution is 2.36. The van der Waals surface area contributed by atoms with Crippen LogP contribution in [0, 0.1) is 24.7 Å². The van der Waals surface area contributed by atoms with Crippen molar-refractivity contribution < 1.29 is 24.3 Å².